The van der Waals surface area contributed by atoms with E-state index in [1.165, 1.54) is 29.2 Å². The van der Waals surface area contributed by atoms with Crippen molar-refractivity contribution in [3.05, 3.63) is 42.0 Å². The van der Waals surface area contributed by atoms with E-state index in [2.05, 4.69) is 6.58 Å². The molecule has 9 nitrogen and oxygen atoms in total. The Morgan fingerprint density at radius 2 is 1.62 bits per heavy atom. The number of benzene rings is 1. The van der Waals surface area contributed by atoms with Gasteiger partial charge in [-0.1, -0.05) is 20.4 Å². The Hall–Kier alpha value is -3.20. The monoisotopic (exact) mass is 477 g/mol. The number of carboxylic acids is 2. The predicted molar refractivity (Wildman–Crippen MR) is 127 cm³/mol. The van der Waals surface area contributed by atoms with Gasteiger partial charge in [0.05, 0.1) is 6.61 Å². The van der Waals surface area contributed by atoms with Crippen molar-refractivity contribution >= 4 is 29.4 Å². The number of ether oxygens (including phenoxy) is 2. The molecule has 0 fully saturated rings. The van der Waals surface area contributed by atoms with Crippen molar-refractivity contribution in [3.63, 3.8) is 0 Å². The van der Waals surface area contributed by atoms with Gasteiger partial charge in [0, 0.05) is 23.4 Å². The number of carboxylic acid groups (broad SMARTS) is 2. The quantitative estimate of drug-likeness (QED) is 0.208. The predicted octanol–water partition coefficient (Wildman–Crippen LogP) is 3.57. The number of anilines is 1. The summed E-state index contributed by atoms with van der Waals surface area (Å²) in [5.74, 6) is -2.89. The molecule has 188 valence electrons. The highest BCUT2D eigenvalue weighted by Gasteiger charge is 2.33. The van der Waals surface area contributed by atoms with Gasteiger partial charge < -0.3 is 24.6 Å². The average Bonchev–Trinajstić information content (AvgIpc) is 2.79. The number of carbonyl (C=O) groups excluding carboxylic acids is 2. The molecule has 34 heavy (non-hydrogen) atoms. The van der Waals surface area contributed by atoms with Crippen LogP contribution in [-0.2, 0) is 23.9 Å². The first-order valence-corrected chi connectivity index (χ1v) is 11.2. The van der Waals surface area contributed by atoms with Gasteiger partial charge in [-0.05, 0) is 63.3 Å². The Morgan fingerprint density at radius 1 is 1.06 bits per heavy atom. The second-order valence-corrected chi connectivity index (χ2v) is 8.39. The summed E-state index contributed by atoms with van der Waals surface area (Å²) < 4.78 is 11.2. The van der Waals surface area contributed by atoms with Gasteiger partial charge in [0.25, 0.3) is 0 Å². The first kappa shape index (κ1) is 28.8. The molecule has 2 atom stereocenters. The minimum atomic E-state index is -1.16. The van der Waals surface area contributed by atoms with Crippen molar-refractivity contribution in [3.8, 4) is 0 Å². The summed E-state index contributed by atoms with van der Waals surface area (Å²) >= 11 is 0. The van der Waals surface area contributed by atoms with E-state index in [0.717, 1.165) is 6.42 Å². The maximum Gasteiger partial charge on any atom is 0.333 e. The minimum Gasteiger partial charge on any atom is -0.480 e. The van der Waals surface area contributed by atoms with Crippen molar-refractivity contribution in [2.24, 2.45) is 5.92 Å². The van der Waals surface area contributed by atoms with Crippen molar-refractivity contribution in [1.82, 2.24) is 0 Å². The summed E-state index contributed by atoms with van der Waals surface area (Å²) in [4.78, 5) is 48.1. The fourth-order valence-electron chi connectivity index (χ4n) is 3.20. The molecule has 0 aliphatic carbocycles. The van der Waals surface area contributed by atoms with Gasteiger partial charge in [0.2, 0.25) is 0 Å². The fourth-order valence-corrected chi connectivity index (χ4v) is 3.20. The Bertz CT molecular complexity index is 863. The van der Waals surface area contributed by atoms with Gasteiger partial charge in [-0.25, -0.2) is 4.79 Å². The largest absolute Gasteiger partial charge is 0.480 e. The van der Waals surface area contributed by atoms with Crippen LogP contribution in [0.3, 0.4) is 0 Å². The molecular weight excluding hydrogens is 442 g/mol. The topological polar surface area (TPSA) is 130 Å². The summed E-state index contributed by atoms with van der Waals surface area (Å²) in [5, 5.41) is 18.1. The molecule has 0 heterocycles. The van der Waals surface area contributed by atoms with Gasteiger partial charge in [-0.3, -0.25) is 14.4 Å². The van der Waals surface area contributed by atoms with Crippen LogP contribution in [0.4, 0.5) is 5.69 Å². The zero-order chi connectivity index (χ0) is 25.9. The average molecular weight is 478 g/mol. The second-order valence-electron chi connectivity index (χ2n) is 8.39. The molecule has 2 N–H and O–H groups in total. The smallest absolute Gasteiger partial charge is 0.333 e. The Morgan fingerprint density at radius 3 is 2.06 bits per heavy atom. The molecule has 9 heteroatoms. The van der Waals surface area contributed by atoms with Crippen LogP contribution in [0, 0.1) is 5.92 Å². The highest BCUT2D eigenvalue weighted by Crippen LogP contribution is 2.25. The van der Waals surface area contributed by atoms with Crippen molar-refractivity contribution in [2.45, 2.75) is 52.6 Å². The van der Waals surface area contributed by atoms with Crippen LogP contribution in [0.1, 0.15) is 57.3 Å². The summed E-state index contributed by atoms with van der Waals surface area (Å²) in [6.45, 7) is 10.3. The second kappa shape index (κ2) is 13.5. The van der Waals surface area contributed by atoms with Crippen LogP contribution in [0.5, 0.6) is 0 Å². The van der Waals surface area contributed by atoms with Gasteiger partial charge in [-0.15, -0.1) is 0 Å². The van der Waals surface area contributed by atoms with Crippen LogP contribution < -0.4 is 4.90 Å². The van der Waals surface area contributed by atoms with Crippen LogP contribution in [0.15, 0.2) is 36.4 Å². The van der Waals surface area contributed by atoms with Crippen molar-refractivity contribution < 1.29 is 38.9 Å². The lowest BCUT2D eigenvalue weighted by molar-refractivity contribution is -0.141. The third-order valence-corrected chi connectivity index (χ3v) is 5.62. The van der Waals surface area contributed by atoms with E-state index in [0.29, 0.717) is 36.3 Å². The van der Waals surface area contributed by atoms with E-state index < -0.39 is 36.6 Å². The molecule has 0 saturated carbocycles. The highest BCUT2D eigenvalue weighted by molar-refractivity contribution is 6.02. The molecule has 0 saturated heterocycles. The molecule has 0 bridgehead atoms. The van der Waals surface area contributed by atoms with Gasteiger partial charge in [0.1, 0.15) is 18.7 Å². The molecule has 0 radical (unpaired) electrons. The first-order valence-electron chi connectivity index (χ1n) is 11.2. The standard InChI is InChI=1S/C25H35NO8/c1-6-18(16-33-24(32)17(3)4)12-13-34-25(5,7-2)23(31)19-8-10-20(11-9-19)26(14-21(27)28)15-22(29)30/h8-11,18H,3,6-7,12-16H2,1-2,4-5H3,(H,27,28)(H,29,30). The van der Waals surface area contributed by atoms with E-state index in [-0.39, 0.29) is 18.3 Å². The number of hydrogen-bond donors (Lipinski definition) is 2. The van der Waals surface area contributed by atoms with Gasteiger partial charge in [-0.2, -0.15) is 0 Å². The Balaban J connectivity index is 2.82. The van der Waals surface area contributed by atoms with Crippen LogP contribution in [0.25, 0.3) is 0 Å². The molecule has 0 aromatic heterocycles. The number of hydrogen-bond acceptors (Lipinski definition) is 7. The molecule has 2 unspecified atom stereocenters. The fraction of sp³-hybridized carbons (Fsp3) is 0.520. The summed E-state index contributed by atoms with van der Waals surface area (Å²) in [6, 6.07) is 6.13. The van der Waals surface area contributed by atoms with E-state index >= 15 is 0 Å². The molecule has 1 aromatic rings. The number of rotatable bonds is 16. The lowest BCUT2D eigenvalue weighted by Gasteiger charge is -2.28. The molecular formula is C25H35NO8. The zero-order valence-electron chi connectivity index (χ0n) is 20.3. The summed E-state index contributed by atoms with van der Waals surface area (Å²) in [6.07, 6.45) is 1.83. The lowest BCUT2D eigenvalue weighted by Crippen LogP contribution is -2.38. The van der Waals surface area contributed by atoms with Crippen LogP contribution >= 0.6 is 0 Å². The SMILES string of the molecule is C=C(C)C(=O)OCC(CC)CCOC(C)(CC)C(=O)c1ccc(N(CC(=O)O)CC(=O)O)cc1. The molecule has 1 rings (SSSR count). The molecule has 0 amide bonds. The van der Waals surface area contributed by atoms with Crippen molar-refractivity contribution in [1.29, 1.82) is 0 Å². The number of carbonyl (C=O) groups is 4. The van der Waals surface area contributed by atoms with E-state index in [9.17, 15) is 19.2 Å². The van der Waals surface area contributed by atoms with Crippen molar-refractivity contribution in [2.75, 3.05) is 31.2 Å². The maximum atomic E-state index is 13.2. The molecule has 0 spiro atoms. The van der Waals surface area contributed by atoms with E-state index in [1.807, 2.05) is 13.8 Å². The van der Waals surface area contributed by atoms with Crippen LogP contribution in [-0.4, -0.2) is 65.8 Å². The number of esters is 1. The van der Waals surface area contributed by atoms with Crippen LogP contribution in [0.2, 0.25) is 0 Å². The van der Waals surface area contributed by atoms with E-state index in [1.54, 1.807) is 13.8 Å². The van der Waals surface area contributed by atoms with E-state index in [4.69, 9.17) is 19.7 Å². The number of aliphatic carboxylic acids is 2. The third-order valence-electron chi connectivity index (χ3n) is 5.62. The maximum absolute atomic E-state index is 13.2. The van der Waals surface area contributed by atoms with Gasteiger partial charge in [0.15, 0.2) is 5.78 Å². The highest BCUT2D eigenvalue weighted by atomic mass is 16.5. The van der Waals surface area contributed by atoms with Gasteiger partial charge >= 0.3 is 17.9 Å². The number of nitrogens with zero attached hydrogens (tertiary/aromatic N) is 1. The lowest BCUT2D eigenvalue weighted by atomic mass is 9.91. The normalized spacial score (nSPS) is 13.4. The Kier molecular flexibility index (Phi) is 11.4. The third kappa shape index (κ3) is 8.97. The minimum absolute atomic E-state index is 0.0910. The first-order chi connectivity index (χ1) is 15.9. The summed E-state index contributed by atoms with van der Waals surface area (Å²) in [7, 11) is 0. The molecule has 0 aliphatic heterocycles. The number of Topliss-reactive ketones (excluding diaryl/α,β-unsaturated/α-hetero) is 1. The molecule has 0 aliphatic rings. The number of ketones is 1. The zero-order valence-corrected chi connectivity index (χ0v) is 20.3. The molecule has 1 aromatic carbocycles. The summed E-state index contributed by atoms with van der Waals surface area (Å²) in [5.41, 5.74) is 0.0303. The Labute approximate surface area is 200 Å².